The zero-order chi connectivity index (χ0) is 37.5. The van der Waals surface area contributed by atoms with E-state index in [0.717, 1.165) is 92.4 Å². The lowest BCUT2D eigenvalue weighted by Gasteiger charge is -2.21. The molecule has 51 heavy (non-hydrogen) atoms. The number of nitrogens with one attached hydrogen (secondary N) is 1. The number of anilines is 1. The number of unbranched alkanes of at least 4 members (excludes halogenated alkanes) is 10. The largest absolute Gasteiger partial charge is 0.864 e. The second-order valence-electron chi connectivity index (χ2n) is 12.0. The molecule has 14 heteroatoms. The summed E-state index contributed by atoms with van der Waals surface area (Å²) in [6.07, 6.45) is -1.38. The van der Waals surface area contributed by atoms with Crippen molar-refractivity contribution in [1.29, 1.82) is 0 Å². The van der Waals surface area contributed by atoms with Crippen LogP contribution in [0.1, 0.15) is 101 Å². The average Bonchev–Trinajstić information content (AvgIpc) is 3.06. The normalized spacial score (nSPS) is 11.9. The third-order valence-electron chi connectivity index (χ3n) is 7.89. The van der Waals surface area contributed by atoms with E-state index < -0.39 is 42.5 Å². The van der Waals surface area contributed by atoms with Crippen LogP contribution >= 0.6 is 0 Å². The highest BCUT2D eigenvalue weighted by atomic mass is 19.4. The van der Waals surface area contributed by atoms with Gasteiger partial charge in [-0.15, -0.1) is 5.73 Å². The van der Waals surface area contributed by atoms with Crippen LogP contribution < -0.4 is 19.3 Å². The van der Waals surface area contributed by atoms with Gasteiger partial charge in [-0.05, 0) is 79.6 Å². The van der Waals surface area contributed by atoms with Crippen LogP contribution in [0.4, 0.5) is 45.2 Å². The van der Waals surface area contributed by atoms with Crippen molar-refractivity contribution in [1.82, 2.24) is 0 Å². The molecule has 0 fully saturated rings. The van der Waals surface area contributed by atoms with Crippen LogP contribution in [-0.4, -0.2) is 7.32 Å². The number of benzene rings is 3. The summed E-state index contributed by atoms with van der Waals surface area (Å²) in [5.74, 6) is -0.604. The van der Waals surface area contributed by atoms with E-state index >= 15 is 0 Å². The Morgan fingerprint density at radius 1 is 0.588 bits per heavy atom. The van der Waals surface area contributed by atoms with Crippen molar-refractivity contribution in [2.24, 2.45) is 0 Å². The van der Waals surface area contributed by atoms with Crippen LogP contribution in [0.2, 0.25) is 0 Å². The highest BCUT2D eigenvalue weighted by Gasteiger charge is 2.36. The molecular formula is C37H41BF9NO3. The Hall–Kier alpha value is -4.19. The van der Waals surface area contributed by atoms with E-state index in [1.165, 1.54) is 38.5 Å². The maximum absolute atomic E-state index is 13.7. The molecule has 3 aromatic carbocycles. The molecule has 0 aliphatic rings. The van der Waals surface area contributed by atoms with Crippen molar-refractivity contribution >= 4 is 13.0 Å². The predicted octanol–water partition coefficient (Wildman–Crippen LogP) is 13.0. The Morgan fingerprint density at radius 3 is 1.41 bits per heavy atom. The lowest BCUT2D eigenvalue weighted by Crippen LogP contribution is -2.37. The van der Waals surface area contributed by atoms with Crippen molar-refractivity contribution in [3.63, 3.8) is 0 Å². The van der Waals surface area contributed by atoms with Crippen molar-refractivity contribution in [2.75, 3.05) is 5.32 Å². The summed E-state index contributed by atoms with van der Waals surface area (Å²) in [4.78, 5) is 0. The molecule has 0 radical (unpaired) electrons. The third kappa shape index (κ3) is 14.5. The minimum Gasteiger partial charge on any atom is -0.490 e. The Bertz CT molecular complexity index is 1470. The number of alkyl halides is 9. The number of rotatable bonds is 20. The van der Waals surface area contributed by atoms with Gasteiger partial charge >= 0.3 is 25.9 Å². The lowest BCUT2D eigenvalue weighted by molar-refractivity contribution is -0.138. The number of halogens is 9. The van der Waals surface area contributed by atoms with Crippen LogP contribution in [0.25, 0.3) is 0 Å². The molecule has 0 spiro atoms. The molecule has 0 atom stereocenters. The fraction of sp³-hybridized carbons (Fsp3) is 0.432. The van der Waals surface area contributed by atoms with Gasteiger partial charge in [0.25, 0.3) is 0 Å². The smallest absolute Gasteiger partial charge is 0.490 e. The van der Waals surface area contributed by atoms with Gasteiger partial charge in [-0.25, -0.2) is 0 Å². The molecule has 0 aliphatic carbocycles. The monoisotopic (exact) mass is 729 g/mol. The summed E-state index contributed by atoms with van der Waals surface area (Å²) in [5, 5.41) is 2.88. The first-order chi connectivity index (χ1) is 24.1. The molecule has 0 aliphatic heterocycles. The van der Waals surface area contributed by atoms with Crippen LogP contribution in [-0.2, 0) is 18.5 Å². The molecule has 3 rings (SSSR count). The standard InChI is InChI=1S/C37H41BF9NO3/c1-3-5-6-7-8-9-10-11-12-13-14-15-30(4-2)48-33-26-29(37(45,46)47)20-25-34(33)51-38(49-31-21-16-27(17-22-31)35(39,40)41)50-32-23-18-28(19-24-32)36(42,43)44/h16-26,48H,2-3,5-15H2,1H3. The Morgan fingerprint density at radius 2 is 1.00 bits per heavy atom. The second kappa shape index (κ2) is 19.4. The molecule has 278 valence electrons. The summed E-state index contributed by atoms with van der Waals surface area (Å²) in [7, 11) is -1.88. The fourth-order valence-corrected chi connectivity index (χ4v) is 5.07. The Kier molecular flexibility index (Phi) is 15.7. The van der Waals surface area contributed by atoms with E-state index in [1.54, 1.807) is 0 Å². The summed E-state index contributed by atoms with van der Waals surface area (Å²) in [6, 6.07) is 9.30. The molecule has 0 aromatic heterocycles. The van der Waals surface area contributed by atoms with Crippen molar-refractivity contribution < 1.29 is 53.5 Å². The van der Waals surface area contributed by atoms with E-state index in [9.17, 15) is 39.5 Å². The molecule has 4 nitrogen and oxygen atoms in total. The summed E-state index contributed by atoms with van der Waals surface area (Å²) >= 11 is 0. The Labute approximate surface area is 292 Å². The van der Waals surface area contributed by atoms with Crippen molar-refractivity contribution in [3.8, 4) is 17.2 Å². The summed E-state index contributed by atoms with van der Waals surface area (Å²) in [6.45, 7) is 5.83. The highest BCUT2D eigenvalue weighted by molar-refractivity contribution is 6.39. The molecule has 0 amide bonds. The lowest BCUT2D eigenvalue weighted by atomic mass is 10.0. The first-order valence-corrected chi connectivity index (χ1v) is 16.8. The third-order valence-corrected chi connectivity index (χ3v) is 7.89. The van der Waals surface area contributed by atoms with E-state index in [2.05, 4.69) is 24.6 Å². The summed E-state index contributed by atoms with van der Waals surface area (Å²) in [5.41, 5.74) is -0.0448. The van der Waals surface area contributed by atoms with E-state index in [4.69, 9.17) is 14.0 Å². The van der Waals surface area contributed by atoms with E-state index in [1.807, 2.05) is 0 Å². The molecular weight excluding hydrogens is 688 g/mol. The van der Waals surface area contributed by atoms with E-state index in [-0.39, 0.29) is 22.9 Å². The van der Waals surface area contributed by atoms with Gasteiger partial charge in [-0.2, -0.15) is 39.5 Å². The zero-order valence-electron chi connectivity index (χ0n) is 28.2. The number of hydrogen-bond acceptors (Lipinski definition) is 4. The van der Waals surface area contributed by atoms with Crippen molar-refractivity contribution in [3.05, 3.63) is 101 Å². The quantitative estimate of drug-likeness (QED) is 0.0544. The van der Waals surface area contributed by atoms with Crippen LogP contribution in [0.5, 0.6) is 17.2 Å². The van der Waals surface area contributed by atoms with Gasteiger partial charge in [0.2, 0.25) is 0 Å². The maximum Gasteiger partial charge on any atom is 0.864 e. The van der Waals surface area contributed by atoms with Gasteiger partial charge in [0.05, 0.1) is 28.1 Å². The average molecular weight is 730 g/mol. The fourth-order valence-electron chi connectivity index (χ4n) is 5.07. The van der Waals surface area contributed by atoms with Gasteiger partial charge in [0, 0.05) is 0 Å². The SMILES string of the molecule is C=C=C(CCCCCCCCCCCCC)Nc1cc(C(F)(F)F)ccc1OB(Oc1ccc(C(F)(F)F)cc1)Oc1ccc(C(F)(F)F)cc1. The van der Waals surface area contributed by atoms with Gasteiger partial charge < -0.3 is 19.3 Å². The molecule has 0 bridgehead atoms. The van der Waals surface area contributed by atoms with Gasteiger partial charge in [-0.3, -0.25) is 0 Å². The predicted molar refractivity (Wildman–Crippen MR) is 179 cm³/mol. The number of allylic oxidation sites excluding steroid dienone is 1. The molecule has 0 heterocycles. The first-order valence-electron chi connectivity index (χ1n) is 16.8. The first kappa shape index (κ1) is 41.2. The number of hydrogen-bond donors (Lipinski definition) is 1. The van der Waals surface area contributed by atoms with E-state index in [0.29, 0.717) is 18.5 Å². The van der Waals surface area contributed by atoms with Gasteiger partial charge in [0.15, 0.2) is 0 Å². The molecule has 1 N–H and O–H groups in total. The van der Waals surface area contributed by atoms with Gasteiger partial charge in [0.1, 0.15) is 17.2 Å². The van der Waals surface area contributed by atoms with Crippen LogP contribution in [0, 0.1) is 0 Å². The maximum atomic E-state index is 13.7. The minimum absolute atomic E-state index is 0.170. The van der Waals surface area contributed by atoms with Gasteiger partial charge in [-0.1, -0.05) is 77.7 Å². The molecule has 3 aromatic rings. The Balaban J connectivity index is 1.77. The van der Waals surface area contributed by atoms with Crippen molar-refractivity contribution in [2.45, 2.75) is 103 Å². The second-order valence-corrected chi connectivity index (χ2v) is 12.0. The zero-order valence-corrected chi connectivity index (χ0v) is 28.2. The minimum atomic E-state index is -4.73. The van der Waals surface area contributed by atoms with Crippen LogP contribution in [0.3, 0.4) is 0 Å². The summed E-state index contributed by atoms with van der Waals surface area (Å²) < 4.78 is 137. The highest BCUT2D eigenvalue weighted by Crippen LogP contribution is 2.37. The topological polar surface area (TPSA) is 39.7 Å². The van der Waals surface area contributed by atoms with Crippen LogP contribution in [0.15, 0.2) is 84.7 Å². The molecule has 0 unspecified atom stereocenters. The molecule has 0 saturated heterocycles. The molecule has 0 saturated carbocycles.